The predicted molar refractivity (Wildman–Crippen MR) is 241 cm³/mol. The zero-order valence-corrected chi connectivity index (χ0v) is 34.4. The summed E-state index contributed by atoms with van der Waals surface area (Å²) in [6.07, 6.45) is 0. The van der Waals surface area contributed by atoms with E-state index in [1.807, 2.05) is 48.5 Å². The number of rotatable bonds is 6. The van der Waals surface area contributed by atoms with E-state index < -0.39 is 23.7 Å². The Kier molecular flexibility index (Phi) is 8.30. The molecule has 1 saturated heterocycles. The van der Waals surface area contributed by atoms with Crippen molar-refractivity contribution in [2.45, 2.75) is 44.3 Å². The molecule has 2 aliphatic rings. The van der Waals surface area contributed by atoms with Crippen LogP contribution in [0.3, 0.4) is 0 Å². The van der Waals surface area contributed by atoms with Gasteiger partial charge in [0, 0.05) is 21.9 Å². The van der Waals surface area contributed by atoms with Crippen molar-refractivity contribution < 1.29 is 13.7 Å². The molecule has 3 heterocycles. The van der Waals surface area contributed by atoms with Crippen molar-refractivity contribution in [3.8, 4) is 45.0 Å². The molecule has 1 aliphatic carbocycles. The molecule has 1 atom stereocenters. The summed E-state index contributed by atoms with van der Waals surface area (Å²) in [6, 6.07) is 57.5. The largest absolute Gasteiger partial charge is 0.495 e. The van der Waals surface area contributed by atoms with Gasteiger partial charge in [0.05, 0.1) is 16.6 Å². The van der Waals surface area contributed by atoms with Gasteiger partial charge in [-0.05, 0) is 114 Å². The minimum Gasteiger partial charge on any atom is -0.456 e. The third-order valence-corrected chi connectivity index (χ3v) is 13.0. The minimum absolute atomic E-state index is 0.124. The first-order valence-corrected chi connectivity index (χ1v) is 20.7. The predicted octanol–water partition coefficient (Wildman–Crippen LogP) is 12.1. The monoisotopic (exact) mass is 799 g/mol. The van der Waals surface area contributed by atoms with Crippen LogP contribution in [-0.2, 0) is 14.7 Å². The van der Waals surface area contributed by atoms with E-state index in [1.54, 1.807) is 0 Å². The van der Waals surface area contributed by atoms with E-state index in [1.165, 1.54) is 33.4 Å². The van der Waals surface area contributed by atoms with Crippen molar-refractivity contribution >= 4 is 46.1 Å². The van der Waals surface area contributed by atoms with Crippen LogP contribution in [0, 0.1) is 0 Å². The van der Waals surface area contributed by atoms with Gasteiger partial charge >= 0.3 is 7.12 Å². The molecule has 2 aromatic heterocycles. The Bertz CT molecular complexity index is 3130. The van der Waals surface area contributed by atoms with Crippen molar-refractivity contribution in [1.29, 1.82) is 0 Å². The quantitative estimate of drug-likeness (QED) is 0.156. The fraction of sp³-hybridized carbons (Fsp3) is 0.135. The second-order valence-electron chi connectivity index (χ2n) is 16.7. The average Bonchev–Trinajstić information content (AvgIpc) is 3.87. The molecule has 11 rings (SSSR count). The van der Waals surface area contributed by atoms with Gasteiger partial charge in [0.15, 0.2) is 11.6 Å². The molecule has 1 fully saturated rings. The lowest BCUT2D eigenvalue weighted by Crippen LogP contribution is -2.41. The number of fused-ring (bicyclic) bond motifs is 6. The Morgan fingerprint density at radius 2 is 1.08 bits per heavy atom. The first-order chi connectivity index (χ1) is 29.1. The normalized spacial score (nSPS) is 17.6. The molecule has 0 saturated carbocycles. The second-order valence-corrected chi connectivity index (χ2v) is 17.1. The molecule has 7 aromatic carbocycles. The molecular weight excluding hydrogens is 761 g/mol. The Morgan fingerprint density at radius 3 is 1.87 bits per heavy atom. The summed E-state index contributed by atoms with van der Waals surface area (Å²) in [4.78, 5) is 14.0. The molecule has 0 radical (unpaired) electrons. The standard InChI is InChI=1S/C52H39BClN3O3/c1-50(2)51(3,4)60-53(59-50)43-22-13-21-42-46(43)40-19-8-10-20-41(40)52(42,36-16-6-5-7-17-36)37-27-24-32(25-28-37)33-14-12-15-34(30-33)47-55-48(57-49(54)56-47)35-26-29-39-38-18-9-11-23-44(38)58-45(39)31-35/h5-31H,1-4H3. The van der Waals surface area contributed by atoms with Gasteiger partial charge in [-0.2, -0.15) is 9.97 Å². The summed E-state index contributed by atoms with van der Waals surface area (Å²) in [5, 5.41) is 2.23. The lowest BCUT2D eigenvalue weighted by molar-refractivity contribution is 0.00578. The topological polar surface area (TPSA) is 70.3 Å². The maximum Gasteiger partial charge on any atom is 0.495 e. The molecule has 0 spiro atoms. The average molecular weight is 800 g/mol. The molecule has 1 unspecified atom stereocenters. The highest BCUT2D eigenvalue weighted by Crippen LogP contribution is 2.56. The Labute approximate surface area is 354 Å². The number of furan rings is 1. The second kappa shape index (κ2) is 13.6. The Balaban J connectivity index is 0.990. The molecule has 0 amide bonds. The van der Waals surface area contributed by atoms with E-state index in [-0.39, 0.29) is 5.28 Å². The lowest BCUT2D eigenvalue weighted by Gasteiger charge is -2.34. The molecule has 8 heteroatoms. The fourth-order valence-corrected chi connectivity index (χ4v) is 9.38. The highest BCUT2D eigenvalue weighted by Gasteiger charge is 2.54. The SMILES string of the molecule is CC1(C)OB(c2cccc3c2-c2ccccc2C3(c2ccccc2)c2ccc(-c3cccc(-c4nc(Cl)nc(-c5ccc6c(c5)oc5ccccc56)n4)c3)cc2)OC1(C)C. The van der Waals surface area contributed by atoms with Crippen LogP contribution in [-0.4, -0.2) is 33.3 Å². The zero-order chi connectivity index (χ0) is 40.8. The van der Waals surface area contributed by atoms with E-state index in [9.17, 15) is 0 Å². The van der Waals surface area contributed by atoms with Crippen LogP contribution in [0.5, 0.6) is 0 Å². The first kappa shape index (κ1) is 36.7. The number of hydrogen-bond acceptors (Lipinski definition) is 6. The Morgan fingerprint density at radius 1 is 0.483 bits per heavy atom. The van der Waals surface area contributed by atoms with Gasteiger partial charge in [-0.15, -0.1) is 0 Å². The van der Waals surface area contributed by atoms with Crippen LogP contribution >= 0.6 is 11.6 Å². The smallest absolute Gasteiger partial charge is 0.456 e. The molecule has 0 N–H and O–H groups in total. The summed E-state index contributed by atoms with van der Waals surface area (Å²) < 4.78 is 19.5. The summed E-state index contributed by atoms with van der Waals surface area (Å²) in [6.45, 7) is 8.43. The van der Waals surface area contributed by atoms with Crippen molar-refractivity contribution in [3.63, 3.8) is 0 Å². The Hall–Kier alpha value is -6.38. The first-order valence-electron chi connectivity index (χ1n) is 20.3. The zero-order valence-electron chi connectivity index (χ0n) is 33.6. The molecule has 1 aliphatic heterocycles. The number of benzene rings is 7. The highest BCUT2D eigenvalue weighted by atomic mass is 35.5. The third kappa shape index (κ3) is 5.61. The van der Waals surface area contributed by atoms with Crippen LogP contribution in [0.25, 0.3) is 67.0 Å². The maximum absolute atomic E-state index is 6.69. The molecule has 6 nitrogen and oxygen atoms in total. The molecule has 60 heavy (non-hydrogen) atoms. The van der Waals surface area contributed by atoms with Crippen molar-refractivity contribution in [2.75, 3.05) is 0 Å². The number of para-hydroxylation sites is 1. The van der Waals surface area contributed by atoms with Gasteiger partial charge in [0.25, 0.3) is 0 Å². The summed E-state index contributed by atoms with van der Waals surface area (Å²) in [7, 11) is -0.505. The minimum atomic E-state index is -0.587. The maximum atomic E-state index is 6.69. The van der Waals surface area contributed by atoms with Crippen LogP contribution in [0.15, 0.2) is 168 Å². The van der Waals surface area contributed by atoms with E-state index in [4.69, 9.17) is 30.3 Å². The highest BCUT2D eigenvalue weighted by molar-refractivity contribution is 6.64. The van der Waals surface area contributed by atoms with Gasteiger partial charge in [-0.3, -0.25) is 0 Å². The van der Waals surface area contributed by atoms with Gasteiger partial charge < -0.3 is 13.7 Å². The van der Waals surface area contributed by atoms with Crippen LogP contribution in [0.4, 0.5) is 0 Å². The van der Waals surface area contributed by atoms with Crippen molar-refractivity contribution in [2.24, 2.45) is 0 Å². The van der Waals surface area contributed by atoms with E-state index in [0.717, 1.165) is 49.7 Å². The van der Waals surface area contributed by atoms with E-state index >= 15 is 0 Å². The van der Waals surface area contributed by atoms with Crippen LogP contribution in [0.2, 0.25) is 5.28 Å². The van der Waals surface area contributed by atoms with Crippen LogP contribution in [0.1, 0.15) is 49.9 Å². The third-order valence-electron chi connectivity index (χ3n) is 12.8. The van der Waals surface area contributed by atoms with Gasteiger partial charge in [0.2, 0.25) is 5.28 Å². The lowest BCUT2D eigenvalue weighted by atomic mass is 9.66. The summed E-state index contributed by atoms with van der Waals surface area (Å²) in [5.74, 6) is 0.972. The number of hydrogen-bond donors (Lipinski definition) is 0. The van der Waals surface area contributed by atoms with E-state index in [0.29, 0.717) is 11.6 Å². The fourth-order valence-electron chi connectivity index (χ4n) is 9.22. The van der Waals surface area contributed by atoms with Crippen LogP contribution < -0.4 is 5.46 Å². The molecule has 9 aromatic rings. The summed E-state index contributed by atoms with van der Waals surface area (Å²) >= 11 is 6.58. The molecule has 0 bridgehead atoms. The number of halogens is 1. The number of aromatic nitrogens is 3. The summed E-state index contributed by atoms with van der Waals surface area (Å²) in [5.41, 5.74) is 12.0. The van der Waals surface area contributed by atoms with Gasteiger partial charge in [-0.1, -0.05) is 140 Å². The van der Waals surface area contributed by atoms with Gasteiger partial charge in [0.1, 0.15) is 11.2 Å². The van der Waals surface area contributed by atoms with Gasteiger partial charge in [-0.25, -0.2) is 4.98 Å². The van der Waals surface area contributed by atoms with Crippen molar-refractivity contribution in [1.82, 2.24) is 15.0 Å². The van der Waals surface area contributed by atoms with Crippen molar-refractivity contribution in [3.05, 3.63) is 191 Å². The molecule has 290 valence electrons. The number of nitrogens with zero attached hydrogens (tertiary/aromatic N) is 3. The van der Waals surface area contributed by atoms with E-state index in [2.05, 4.69) is 153 Å². The molecular formula is C52H39BClN3O3.